The van der Waals surface area contributed by atoms with Crippen molar-refractivity contribution in [2.24, 2.45) is 0 Å². The molecule has 3 rings (SSSR count). The minimum Gasteiger partial charge on any atom is -0.375 e. The van der Waals surface area contributed by atoms with Crippen LogP contribution in [-0.2, 0) is 17.8 Å². The van der Waals surface area contributed by atoms with Gasteiger partial charge in [0.2, 0.25) is 5.91 Å². The number of thiazole rings is 1. The second kappa shape index (κ2) is 8.67. The minimum atomic E-state index is 0. The maximum atomic E-state index is 12.4. The number of carbonyl (C=O) groups excluding carboxylic acids is 1. The average molecular weight is 387 g/mol. The summed E-state index contributed by atoms with van der Waals surface area (Å²) in [5.41, 5.74) is 6.55. The first-order valence-corrected chi connectivity index (χ1v) is 8.75. The van der Waals surface area contributed by atoms with Gasteiger partial charge in [-0.05, 0) is 11.6 Å². The lowest BCUT2D eigenvalue weighted by Crippen LogP contribution is -2.48. The predicted molar refractivity (Wildman–Crippen MR) is 101 cm³/mol. The first-order valence-electron chi connectivity index (χ1n) is 7.55. The lowest BCUT2D eigenvalue weighted by Gasteiger charge is -2.34. The van der Waals surface area contributed by atoms with Crippen molar-refractivity contribution >= 4 is 46.4 Å². The number of piperazine rings is 1. The highest BCUT2D eigenvalue weighted by molar-refractivity contribution is 7.15. The van der Waals surface area contributed by atoms with Crippen molar-refractivity contribution in [2.45, 2.75) is 13.0 Å². The molecule has 0 bridgehead atoms. The van der Waals surface area contributed by atoms with E-state index < -0.39 is 0 Å². The van der Waals surface area contributed by atoms with Gasteiger partial charge in [-0.15, -0.1) is 23.7 Å². The molecule has 0 saturated carbocycles. The van der Waals surface area contributed by atoms with Gasteiger partial charge in [0.25, 0.3) is 0 Å². The zero-order valence-electron chi connectivity index (χ0n) is 13.2. The van der Waals surface area contributed by atoms with Crippen LogP contribution in [0, 0.1) is 0 Å². The highest BCUT2D eigenvalue weighted by Gasteiger charge is 2.22. The van der Waals surface area contributed by atoms with E-state index in [-0.39, 0.29) is 18.3 Å². The number of nitrogens with two attached hydrogens (primary N) is 1. The molecule has 2 heterocycles. The van der Waals surface area contributed by atoms with E-state index in [0.717, 1.165) is 38.3 Å². The van der Waals surface area contributed by atoms with E-state index in [0.29, 0.717) is 16.6 Å². The Balaban J connectivity index is 0.00000208. The highest BCUT2D eigenvalue weighted by atomic mass is 35.5. The predicted octanol–water partition coefficient (Wildman–Crippen LogP) is 2.69. The quantitative estimate of drug-likeness (QED) is 0.876. The molecule has 1 saturated heterocycles. The molecule has 0 unspecified atom stereocenters. The summed E-state index contributed by atoms with van der Waals surface area (Å²) >= 11 is 7.65. The lowest BCUT2D eigenvalue weighted by atomic mass is 10.1. The largest absolute Gasteiger partial charge is 0.375 e. The molecule has 1 aliphatic heterocycles. The number of hydrogen-bond acceptors (Lipinski definition) is 5. The second-order valence-corrected chi connectivity index (χ2v) is 7.14. The molecular weight excluding hydrogens is 367 g/mol. The van der Waals surface area contributed by atoms with Crippen LogP contribution in [0.1, 0.15) is 10.4 Å². The molecular formula is C16H20Cl2N4OS. The molecule has 1 fully saturated rings. The van der Waals surface area contributed by atoms with Crippen molar-refractivity contribution in [1.29, 1.82) is 0 Å². The van der Waals surface area contributed by atoms with Crippen LogP contribution in [0.4, 0.5) is 5.13 Å². The molecule has 1 amide bonds. The monoisotopic (exact) mass is 386 g/mol. The normalized spacial score (nSPS) is 15.1. The number of halogens is 2. The van der Waals surface area contributed by atoms with Crippen molar-refractivity contribution in [3.05, 3.63) is 45.9 Å². The van der Waals surface area contributed by atoms with Gasteiger partial charge in [-0.25, -0.2) is 4.98 Å². The fourth-order valence-corrected chi connectivity index (χ4v) is 3.62. The van der Waals surface area contributed by atoms with Crippen LogP contribution in [0.5, 0.6) is 0 Å². The number of aromatic nitrogens is 1. The smallest absolute Gasteiger partial charge is 0.227 e. The summed E-state index contributed by atoms with van der Waals surface area (Å²) in [6.07, 6.45) is 2.19. The summed E-state index contributed by atoms with van der Waals surface area (Å²) in [5, 5.41) is 1.26. The Hall–Kier alpha value is -1.34. The standard InChI is InChI=1S/C16H19ClN4OS.ClH/c17-14-4-2-1-3-12(14)9-15(22)21-7-5-20(6-8-21)11-13-10-19-16(18)23-13;/h1-4,10H,5-9,11H2,(H2,18,19);1H. The lowest BCUT2D eigenvalue weighted by molar-refractivity contribution is -0.132. The zero-order chi connectivity index (χ0) is 16.2. The van der Waals surface area contributed by atoms with E-state index in [1.54, 1.807) is 0 Å². The molecule has 130 valence electrons. The zero-order valence-corrected chi connectivity index (χ0v) is 15.5. The van der Waals surface area contributed by atoms with Crippen LogP contribution in [0.15, 0.2) is 30.5 Å². The van der Waals surface area contributed by atoms with E-state index in [9.17, 15) is 4.79 Å². The van der Waals surface area contributed by atoms with Crippen molar-refractivity contribution in [3.63, 3.8) is 0 Å². The number of anilines is 1. The minimum absolute atomic E-state index is 0. The summed E-state index contributed by atoms with van der Waals surface area (Å²) in [4.78, 5) is 21.9. The van der Waals surface area contributed by atoms with Crippen LogP contribution in [0.25, 0.3) is 0 Å². The average Bonchev–Trinajstić information content (AvgIpc) is 2.95. The number of nitrogens with zero attached hydrogens (tertiary/aromatic N) is 3. The molecule has 1 aliphatic rings. The van der Waals surface area contributed by atoms with Crippen LogP contribution in [-0.4, -0.2) is 46.9 Å². The molecule has 2 aromatic rings. The third-order valence-corrected chi connectivity index (χ3v) is 5.16. The van der Waals surface area contributed by atoms with Crippen molar-refractivity contribution < 1.29 is 4.79 Å². The van der Waals surface area contributed by atoms with Gasteiger partial charge in [0, 0.05) is 48.8 Å². The topological polar surface area (TPSA) is 62.5 Å². The van der Waals surface area contributed by atoms with Gasteiger partial charge in [0.15, 0.2) is 5.13 Å². The molecule has 1 aromatic carbocycles. The Kier molecular flexibility index (Phi) is 6.86. The van der Waals surface area contributed by atoms with E-state index in [1.807, 2.05) is 35.4 Å². The second-order valence-electron chi connectivity index (χ2n) is 5.59. The summed E-state index contributed by atoms with van der Waals surface area (Å²) < 4.78 is 0. The summed E-state index contributed by atoms with van der Waals surface area (Å²) in [6.45, 7) is 4.08. The fourth-order valence-electron chi connectivity index (χ4n) is 2.69. The summed E-state index contributed by atoms with van der Waals surface area (Å²) in [7, 11) is 0. The van der Waals surface area contributed by atoms with Crippen LogP contribution < -0.4 is 5.73 Å². The highest BCUT2D eigenvalue weighted by Crippen LogP contribution is 2.19. The molecule has 8 heteroatoms. The van der Waals surface area contributed by atoms with Gasteiger partial charge in [0.1, 0.15) is 0 Å². The van der Waals surface area contributed by atoms with Crippen LogP contribution in [0.2, 0.25) is 5.02 Å². The van der Waals surface area contributed by atoms with E-state index in [4.69, 9.17) is 17.3 Å². The number of hydrogen-bond donors (Lipinski definition) is 1. The van der Waals surface area contributed by atoms with E-state index in [1.165, 1.54) is 16.2 Å². The van der Waals surface area contributed by atoms with E-state index in [2.05, 4.69) is 9.88 Å². The molecule has 0 atom stereocenters. The number of nitrogen functional groups attached to an aromatic ring is 1. The van der Waals surface area contributed by atoms with E-state index >= 15 is 0 Å². The summed E-state index contributed by atoms with van der Waals surface area (Å²) in [5.74, 6) is 0.139. The van der Waals surface area contributed by atoms with Gasteiger partial charge in [-0.2, -0.15) is 0 Å². The number of rotatable bonds is 4. The Morgan fingerprint density at radius 3 is 2.58 bits per heavy atom. The molecule has 2 N–H and O–H groups in total. The van der Waals surface area contributed by atoms with Gasteiger partial charge < -0.3 is 10.6 Å². The first-order chi connectivity index (χ1) is 11.1. The maximum absolute atomic E-state index is 12.4. The Morgan fingerprint density at radius 1 is 1.25 bits per heavy atom. The fraction of sp³-hybridized carbons (Fsp3) is 0.375. The molecule has 0 radical (unpaired) electrons. The van der Waals surface area contributed by atoms with Crippen LogP contribution in [0.3, 0.4) is 0 Å². The SMILES string of the molecule is Cl.Nc1ncc(CN2CCN(C(=O)Cc3ccccc3Cl)CC2)s1. The molecule has 0 spiro atoms. The van der Waals surface area contributed by atoms with Crippen molar-refractivity contribution in [3.8, 4) is 0 Å². The molecule has 1 aromatic heterocycles. The van der Waals surface area contributed by atoms with Gasteiger partial charge in [-0.1, -0.05) is 29.8 Å². The van der Waals surface area contributed by atoms with Gasteiger partial charge in [-0.3, -0.25) is 9.69 Å². The Morgan fingerprint density at radius 2 is 1.96 bits per heavy atom. The third kappa shape index (κ3) is 4.83. The molecule has 0 aliphatic carbocycles. The Bertz CT molecular complexity index is 686. The van der Waals surface area contributed by atoms with Crippen molar-refractivity contribution in [2.75, 3.05) is 31.9 Å². The summed E-state index contributed by atoms with van der Waals surface area (Å²) in [6, 6.07) is 7.52. The molecule has 5 nitrogen and oxygen atoms in total. The van der Waals surface area contributed by atoms with Gasteiger partial charge >= 0.3 is 0 Å². The van der Waals surface area contributed by atoms with Gasteiger partial charge in [0.05, 0.1) is 6.42 Å². The van der Waals surface area contributed by atoms with Crippen molar-refractivity contribution in [1.82, 2.24) is 14.8 Å². The first kappa shape index (κ1) is 19.0. The Labute approximate surface area is 156 Å². The number of carbonyl (C=O) groups is 1. The molecule has 24 heavy (non-hydrogen) atoms. The van der Waals surface area contributed by atoms with Crippen LogP contribution >= 0.6 is 35.3 Å². The third-order valence-electron chi connectivity index (χ3n) is 3.98. The number of amides is 1. The number of benzene rings is 1. The maximum Gasteiger partial charge on any atom is 0.227 e.